The lowest BCUT2D eigenvalue weighted by Crippen LogP contribution is -2.47. The molecule has 2 N–H and O–H groups in total. The van der Waals surface area contributed by atoms with Crippen LogP contribution in [0.4, 0.5) is 19.4 Å². The van der Waals surface area contributed by atoms with Gasteiger partial charge in [0.25, 0.3) is 0 Å². The number of halogens is 2. The van der Waals surface area contributed by atoms with Gasteiger partial charge in [0.05, 0.1) is 0 Å². The average molecular weight is 364 g/mol. The summed E-state index contributed by atoms with van der Waals surface area (Å²) in [6.07, 6.45) is 4.97. The molecule has 2 amide bonds. The van der Waals surface area contributed by atoms with Crippen molar-refractivity contribution in [3.05, 3.63) is 24.5 Å². The fourth-order valence-corrected chi connectivity index (χ4v) is 3.72. The fourth-order valence-electron chi connectivity index (χ4n) is 3.72. The summed E-state index contributed by atoms with van der Waals surface area (Å²) in [5.41, 5.74) is 0.771. The summed E-state index contributed by atoms with van der Waals surface area (Å²) in [5.74, 6) is -1.95. The van der Waals surface area contributed by atoms with Gasteiger partial charge in [0.2, 0.25) is 5.92 Å². The maximum absolute atomic E-state index is 13.5. The molecule has 9 heteroatoms. The second-order valence-corrected chi connectivity index (χ2v) is 7.12. The molecule has 2 aromatic heterocycles. The standard InChI is InChI=1S/C17H22F2N6O/c18-17(19)6-1-2-12(10-17)22-16(26)24-8-5-13(11-24)21-14-3-4-15-20-7-9-25(15)23-14/h3-4,7,9,12-13H,1-2,5-6,8,10-11H2,(H,21,23)(H,22,26). The van der Waals surface area contributed by atoms with Crippen LogP contribution in [-0.4, -0.2) is 56.6 Å². The quantitative estimate of drug-likeness (QED) is 0.878. The van der Waals surface area contributed by atoms with Crippen molar-refractivity contribution in [3.8, 4) is 0 Å². The van der Waals surface area contributed by atoms with Crippen molar-refractivity contribution in [2.45, 2.75) is 50.1 Å². The van der Waals surface area contributed by atoms with Crippen LogP contribution in [0.3, 0.4) is 0 Å². The molecule has 2 atom stereocenters. The van der Waals surface area contributed by atoms with E-state index in [4.69, 9.17) is 0 Å². The molecule has 0 radical (unpaired) electrons. The molecule has 0 spiro atoms. The van der Waals surface area contributed by atoms with Crippen molar-refractivity contribution in [1.82, 2.24) is 24.8 Å². The van der Waals surface area contributed by atoms with Crippen LogP contribution < -0.4 is 10.6 Å². The Morgan fingerprint density at radius 2 is 2.15 bits per heavy atom. The Bertz CT molecular complexity index is 794. The van der Waals surface area contributed by atoms with Gasteiger partial charge in [-0.3, -0.25) is 0 Å². The first-order chi connectivity index (χ1) is 12.5. The number of anilines is 1. The molecule has 26 heavy (non-hydrogen) atoms. The minimum atomic E-state index is -2.66. The van der Waals surface area contributed by atoms with E-state index in [2.05, 4.69) is 20.7 Å². The number of hydrogen-bond donors (Lipinski definition) is 2. The lowest BCUT2D eigenvalue weighted by Gasteiger charge is -2.30. The number of carbonyl (C=O) groups excluding carboxylic acids is 1. The van der Waals surface area contributed by atoms with Gasteiger partial charge in [0, 0.05) is 50.4 Å². The third-order valence-corrected chi connectivity index (χ3v) is 5.05. The minimum Gasteiger partial charge on any atom is -0.364 e. The number of likely N-dealkylation sites (tertiary alicyclic amines) is 1. The first kappa shape index (κ1) is 17.0. The molecular weight excluding hydrogens is 342 g/mol. The summed E-state index contributed by atoms with van der Waals surface area (Å²) in [6.45, 7) is 1.12. The van der Waals surface area contributed by atoms with Crippen LogP contribution in [0.2, 0.25) is 0 Å². The summed E-state index contributed by atoms with van der Waals surface area (Å²) in [4.78, 5) is 18.2. The zero-order valence-electron chi connectivity index (χ0n) is 14.4. The number of amides is 2. The number of nitrogens with one attached hydrogen (secondary N) is 2. The number of aromatic nitrogens is 3. The summed E-state index contributed by atoms with van der Waals surface area (Å²) >= 11 is 0. The second kappa shape index (κ2) is 6.69. The Balaban J connectivity index is 1.30. The monoisotopic (exact) mass is 364 g/mol. The van der Waals surface area contributed by atoms with E-state index in [0.717, 1.165) is 17.9 Å². The molecular formula is C17H22F2N6O. The first-order valence-electron chi connectivity index (χ1n) is 8.99. The van der Waals surface area contributed by atoms with Crippen LogP contribution in [0.25, 0.3) is 5.65 Å². The van der Waals surface area contributed by atoms with Gasteiger partial charge < -0.3 is 15.5 Å². The Labute approximate surface area is 149 Å². The zero-order chi connectivity index (χ0) is 18.1. The highest BCUT2D eigenvalue weighted by Crippen LogP contribution is 2.33. The van der Waals surface area contributed by atoms with E-state index in [9.17, 15) is 13.6 Å². The smallest absolute Gasteiger partial charge is 0.317 e. The molecule has 1 aliphatic carbocycles. The van der Waals surface area contributed by atoms with Crippen LogP contribution >= 0.6 is 0 Å². The van der Waals surface area contributed by atoms with Gasteiger partial charge >= 0.3 is 6.03 Å². The van der Waals surface area contributed by atoms with E-state index >= 15 is 0 Å². The van der Waals surface area contributed by atoms with Crippen LogP contribution in [0.15, 0.2) is 24.5 Å². The number of nitrogens with zero attached hydrogens (tertiary/aromatic N) is 4. The van der Waals surface area contributed by atoms with Gasteiger partial charge in [-0.25, -0.2) is 23.1 Å². The number of fused-ring (bicyclic) bond motifs is 1. The van der Waals surface area contributed by atoms with Gasteiger partial charge in [0.15, 0.2) is 5.65 Å². The number of rotatable bonds is 3. The second-order valence-electron chi connectivity index (χ2n) is 7.12. The Morgan fingerprint density at radius 3 is 3.00 bits per heavy atom. The maximum atomic E-state index is 13.5. The molecule has 7 nitrogen and oxygen atoms in total. The average Bonchev–Trinajstić information content (AvgIpc) is 3.22. The van der Waals surface area contributed by atoms with Crippen molar-refractivity contribution >= 4 is 17.5 Å². The van der Waals surface area contributed by atoms with Crippen molar-refractivity contribution < 1.29 is 13.6 Å². The van der Waals surface area contributed by atoms with Crippen molar-refractivity contribution in [2.24, 2.45) is 0 Å². The van der Waals surface area contributed by atoms with E-state index < -0.39 is 12.0 Å². The Kier molecular flexibility index (Phi) is 4.37. The third kappa shape index (κ3) is 3.71. The molecule has 140 valence electrons. The molecule has 1 saturated heterocycles. The third-order valence-electron chi connectivity index (χ3n) is 5.05. The van der Waals surface area contributed by atoms with Gasteiger partial charge in [-0.2, -0.15) is 0 Å². The van der Waals surface area contributed by atoms with E-state index in [0.29, 0.717) is 25.9 Å². The van der Waals surface area contributed by atoms with E-state index in [-0.39, 0.29) is 24.9 Å². The molecule has 4 rings (SSSR count). The van der Waals surface area contributed by atoms with E-state index in [1.54, 1.807) is 21.8 Å². The molecule has 1 saturated carbocycles. The van der Waals surface area contributed by atoms with Crippen molar-refractivity contribution in [3.63, 3.8) is 0 Å². The number of imidazole rings is 1. The zero-order valence-corrected chi connectivity index (χ0v) is 14.4. The van der Waals surface area contributed by atoms with E-state index in [1.165, 1.54) is 0 Å². The molecule has 2 fully saturated rings. The first-order valence-corrected chi connectivity index (χ1v) is 8.99. The molecule has 2 unspecified atom stereocenters. The minimum absolute atomic E-state index is 0.0800. The predicted octanol–water partition coefficient (Wildman–Crippen LogP) is 2.50. The van der Waals surface area contributed by atoms with Crippen LogP contribution in [-0.2, 0) is 0 Å². The highest BCUT2D eigenvalue weighted by Gasteiger charge is 2.37. The van der Waals surface area contributed by atoms with Crippen molar-refractivity contribution in [1.29, 1.82) is 0 Å². The summed E-state index contributed by atoms with van der Waals surface area (Å²) in [5, 5.41) is 10.5. The molecule has 0 aromatic carbocycles. The van der Waals surface area contributed by atoms with Gasteiger partial charge in [0.1, 0.15) is 5.82 Å². The SMILES string of the molecule is O=C(NC1CCCC(F)(F)C1)N1CCC(Nc2ccc3nccn3n2)C1. The maximum Gasteiger partial charge on any atom is 0.317 e. The summed E-state index contributed by atoms with van der Waals surface area (Å²) in [7, 11) is 0. The molecule has 3 heterocycles. The normalized spacial score (nSPS) is 25.4. The highest BCUT2D eigenvalue weighted by atomic mass is 19.3. The number of carbonyl (C=O) groups is 1. The summed E-state index contributed by atoms with van der Waals surface area (Å²) in [6, 6.07) is 3.12. The Morgan fingerprint density at radius 1 is 1.27 bits per heavy atom. The van der Waals surface area contributed by atoms with E-state index in [1.807, 2.05) is 12.1 Å². The molecule has 0 bridgehead atoms. The van der Waals surface area contributed by atoms with Gasteiger partial charge in [-0.05, 0) is 31.4 Å². The largest absolute Gasteiger partial charge is 0.364 e. The highest BCUT2D eigenvalue weighted by molar-refractivity contribution is 5.75. The number of alkyl halides is 2. The molecule has 1 aliphatic heterocycles. The van der Waals surface area contributed by atoms with Crippen molar-refractivity contribution in [2.75, 3.05) is 18.4 Å². The lowest BCUT2D eigenvalue weighted by atomic mass is 9.92. The summed E-state index contributed by atoms with van der Waals surface area (Å²) < 4.78 is 28.7. The van der Waals surface area contributed by atoms with Crippen LogP contribution in [0.1, 0.15) is 32.1 Å². The number of urea groups is 1. The molecule has 2 aromatic rings. The molecule has 2 aliphatic rings. The lowest BCUT2D eigenvalue weighted by molar-refractivity contribution is -0.0428. The van der Waals surface area contributed by atoms with Crippen LogP contribution in [0.5, 0.6) is 0 Å². The Hall–Kier alpha value is -2.45. The fraction of sp³-hybridized carbons (Fsp3) is 0.588. The number of hydrogen-bond acceptors (Lipinski definition) is 4. The van der Waals surface area contributed by atoms with Gasteiger partial charge in [-0.1, -0.05) is 0 Å². The van der Waals surface area contributed by atoms with Crippen LogP contribution in [0, 0.1) is 0 Å². The predicted molar refractivity (Wildman–Crippen MR) is 92.3 cm³/mol. The van der Waals surface area contributed by atoms with Gasteiger partial charge in [-0.15, -0.1) is 5.10 Å². The topological polar surface area (TPSA) is 74.6 Å².